The first kappa shape index (κ1) is 19.3. The molecule has 7 heteroatoms. The number of hydrogen-bond donors (Lipinski definition) is 1. The van der Waals surface area contributed by atoms with E-state index in [4.69, 9.17) is 0 Å². The standard InChI is InChI=1S/C22H26N6O/c1-17-24-22(26-25-17)20-9-11-27(21(29)14-19-8-5-10-23-15-19)12-13-28(20)16-18-6-3-2-4-7-18/h2-8,10,15,20H,9,11-14,16H2,1H3,(H,24,25,26). The molecule has 1 atom stereocenters. The third-order valence-corrected chi connectivity index (χ3v) is 5.34. The van der Waals surface area contributed by atoms with Crippen molar-refractivity contribution < 1.29 is 4.79 Å². The van der Waals surface area contributed by atoms with Crippen LogP contribution in [0.3, 0.4) is 0 Å². The van der Waals surface area contributed by atoms with Crippen LogP contribution in [0.15, 0.2) is 54.9 Å². The summed E-state index contributed by atoms with van der Waals surface area (Å²) in [5.74, 6) is 1.76. The molecule has 1 fully saturated rings. The van der Waals surface area contributed by atoms with Crippen LogP contribution >= 0.6 is 0 Å². The highest BCUT2D eigenvalue weighted by atomic mass is 16.2. The summed E-state index contributed by atoms with van der Waals surface area (Å²) < 4.78 is 0. The van der Waals surface area contributed by atoms with E-state index in [2.05, 4.69) is 49.3 Å². The molecule has 0 bridgehead atoms. The van der Waals surface area contributed by atoms with Gasteiger partial charge in [-0.2, -0.15) is 5.10 Å². The average Bonchev–Trinajstić information content (AvgIpc) is 3.06. The SMILES string of the molecule is Cc1nc(C2CCN(C(=O)Cc3cccnc3)CCN2Cc2ccccc2)n[nH]1. The highest BCUT2D eigenvalue weighted by Crippen LogP contribution is 2.26. The number of carbonyl (C=O) groups excluding carboxylic acids is 1. The number of amides is 1. The molecule has 4 rings (SSSR count). The lowest BCUT2D eigenvalue weighted by atomic mass is 10.1. The van der Waals surface area contributed by atoms with Crippen LogP contribution in [0.25, 0.3) is 0 Å². The van der Waals surface area contributed by atoms with E-state index in [9.17, 15) is 4.79 Å². The second-order valence-corrected chi connectivity index (χ2v) is 7.46. The lowest BCUT2D eigenvalue weighted by Gasteiger charge is -2.27. The minimum atomic E-state index is 0.0800. The van der Waals surface area contributed by atoms with Gasteiger partial charge in [0.2, 0.25) is 5.91 Å². The van der Waals surface area contributed by atoms with Gasteiger partial charge >= 0.3 is 0 Å². The maximum atomic E-state index is 12.9. The van der Waals surface area contributed by atoms with Gasteiger partial charge in [0.15, 0.2) is 5.82 Å². The van der Waals surface area contributed by atoms with Gasteiger partial charge < -0.3 is 4.90 Å². The van der Waals surface area contributed by atoms with Crippen LogP contribution < -0.4 is 0 Å². The molecule has 1 N–H and O–H groups in total. The zero-order valence-electron chi connectivity index (χ0n) is 16.7. The largest absolute Gasteiger partial charge is 0.341 e. The predicted octanol–water partition coefficient (Wildman–Crippen LogP) is 2.53. The fourth-order valence-electron chi connectivity index (χ4n) is 3.82. The van der Waals surface area contributed by atoms with Crippen LogP contribution in [0.4, 0.5) is 0 Å². The van der Waals surface area contributed by atoms with E-state index in [1.54, 1.807) is 12.4 Å². The number of H-pyrrole nitrogens is 1. The Morgan fingerprint density at radius 1 is 1.10 bits per heavy atom. The molecule has 1 aliphatic rings. The van der Waals surface area contributed by atoms with Crippen LogP contribution in [0, 0.1) is 6.92 Å². The first-order valence-corrected chi connectivity index (χ1v) is 10.0. The highest BCUT2D eigenvalue weighted by molar-refractivity contribution is 5.78. The van der Waals surface area contributed by atoms with Crippen molar-refractivity contribution in [2.24, 2.45) is 0 Å². The summed E-state index contributed by atoms with van der Waals surface area (Å²) in [6.07, 6.45) is 4.68. The Labute approximate surface area is 170 Å². The van der Waals surface area contributed by atoms with Crippen LogP contribution in [-0.4, -0.2) is 55.5 Å². The van der Waals surface area contributed by atoms with Gasteiger partial charge in [-0.1, -0.05) is 36.4 Å². The van der Waals surface area contributed by atoms with Crippen molar-refractivity contribution in [1.29, 1.82) is 0 Å². The van der Waals surface area contributed by atoms with Crippen LogP contribution in [0.1, 0.15) is 35.2 Å². The van der Waals surface area contributed by atoms with Gasteiger partial charge in [0, 0.05) is 38.6 Å². The zero-order chi connectivity index (χ0) is 20.1. The quantitative estimate of drug-likeness (QED) is 0.724. The molecule has 0 aliphatic carbocycles. The van der Waals surface area contributed by atoms with Gasteiger partial charge in [-0.05, 0) is 30.5 Å². The molecule has 1 saturated heterocycles. The van der Waals surface area contributed by atoms with Gasteiger partial charge in [0.25, 0.3) is 0 Å². The summed E-state index contributed by atoms with van der Waals surface area (Å²) >= 11 is 0. The summed E-state index contributed by atoms with van der Waals surface area (Å²) in [7, 11) is 0. The topological polar surface area (TPSA) is 78.0 Å². The fraction of sp³-hybridized carbons (Fsp3) is 0.364. The third-order valence-electron chi connectivity index (χ3n) is 5.34. The van der Waals surface area contributed by atoms with Gasteiger partial charge in [-0.3, -0.25) is 19.8 Å². The lowest BCUT2D eigenvalue weighted by Crippen LogP contribution is -2.36. The van der Waals surface area contributed by atoms with Crippen molar-refractivity contribution in [3.05, 3.63) is 77.6 Å². The van der Waals surface area contributed by atoms with Crippen molar-refractivity contribution >= 4 is 5.91 Å². The van der Waals surface area contributed by atoms with Crippen molar-refractivity contribution in [2.45, 2.75) is 32.4 Å². The van der Waals surface area contributed by atoms with Crippen molar-refractivity contribution in [2.75, 3.05) is 19.6 Å². The lowest BCUT2D eigenvalue weighted by molar-refractivity contribution is -0.130. The minimum Gasteiger partial charge on any atom is -0.341 e. The number of aromatic amines is 1. The maximum absolute atomic E-state index is 12.9. The number of nitrogens with one attached hydrogen (secondary N) is 1. The number of pyridine rings is 1. The Morgan fingerprint density at radius 3 is 2.66 bits per heavy atom. The van der Waals surface area contributed by atoms with E-state index < -0.39 is 0 Å². The molecule has 7 nitrogen and oxygen atoms in total. The van der Waals surface area contributed by atoms with E-state index in [1.807, 2.05) is 30.0 Å². The molecular formula is C22H26N6O. The molecule has 1 aromatic carbocycles. The number of carbonyl (C=O) groups is 1. The Morgan fingerprint density at radius 2 is 1.93 bits per heavy atom. The first-order chi connectivity index (χ1) is 14.2. The summed E-state index contributed by atoms with van der Waals surface area (Å²) in [4.78, 5) is 25.9. The average molecular weight is 390 g/mol. The number of aryl methyl sites for hydroxylation is 1. The summed E-state index contributed by atoms with van der Waals surface area (Å²) in [6, 6.07) is 14.3. The van der Waals surface area contributed by atoms with Gasteiger partial charge in [0.1, 0.15) is 5.82 Å². The monoisotopic (exact) mass is 390 g/mol. The number of nitrogens with zero attached hydrogens (tertiary/aromatic N) is 5. The van der Waals surface area contributed by atoms with Gasteiger partial charge in [-0.25, -0.2) is 4.98 Å². The molecule has 1 amide bonds. The number of rotatable bonds is 5. The van der Waals surface area contributed by atoms with Gasteiger partial charge in [0.05, 0.1) is 12.5 Å². The molecule has 0 saturated carbocycles. The second-order valence-electron chi connectivity index (χ2n) is 7.46. The fourth-order valence-corrected chi connectivity index (χ4v) is 3.82. The minimum absolute atomic E-state index is 0.0800. The number of hydrogen-bond acceptors (Lipinski definition) is 5. The van der Waals surface area contributed by atoms with Crippen molar-refractivity contribution in [3.63, 3.8) is 0 Å². The summed E-state index contributed by atoms with van der Waals surface area (Å²) in [5, 5.41) is 7.38. The highest BCUT2D eigenvalue weighted by Gasteiger charge is 2.29. The van der Waals surface area contributed by atoms with E-state index >= 15 is 0 Å². The zero-order valence-corrected chi connectivity index (χ0v) is 16.7. The molecule has 3 heterocycles. The molecule has 29 heavy (non-hydrogen) atoms. The summed E-state index contributed by atoms with van der Waals surface area (Å²) in [5.41, 5.74) is 2.20. The smallest absolute Gasteiger partial charge is 0.227 e. The van der Waals surface area contributed by atoms with Crippen LogP contribution in [-0.2, 0) is 17.8 Å². The Hall–Kier alpha value is -3.06. The van der Waals surface area contributed by atoms with Crippen LogP contribution in [0.2, 0.25) is 0 Å². The molecule has 1 aliphatic heterocycles. The Kier molecular flexibility index (Phi) is 5.95. The molecular weight excluding hydrogens is 364 g/mol. The maximum Gasteiger partial charge on any atom is 0.227 e. The number of aromatic nitrogens is 4. The second kappa shape index (κ2) is 8.96. The van der Waals surface area contributed by atoms with E-state index in [-0.39, 0.29) is 11.9 Å². The first-order valence-electron chi connectivity index (χ1n) is 10.0. The van der Waals surface area contributed by atoms with E-state index in [0.717, 1.165) is 36.7 Å². The van der Waals surface area contributed by atoms with Crippen molar-refractivity contribution in [3.8, 4) is 0 Å². The normalized spacial score (nSPS) is 17.8. The third kappa shape index (κ3) is 4.86. The van der Waals surface area contributed by atoms with Crippen molar-refractivity contribution in [1.82, 2.24) is 30.0 Å². The molecule has 0 radical (unpaired) electrons. The molecule has 150 valence electrons. The molecule has 2 aromatic heterocycles. The predicted molar refractivity (Wildman–Crippen MR) is 110 cm³/mol. The number of benzene rings is 1. The van der Waals surface area contributed by atoms with E-state index in [1.165, 1.54) is 5.56 Å². The molecule has 3 aromatic rings. The summed E-state index contributed by atoms with van der Waals surface area (Å²) in [6.45, 7) is 4.91. The van der Waals surface area contributed by atoms with Crippen LogP contribution in [0.5, 0.6) is 0 Å². The Bertz CT molecular complexity index is 927. The molecule has 1 unspecified atom stereocenters. The molecule has 0 spiro atoms. The Balaban J connectivity index is 1.50. The van der Waals surface area contributed by atoms with Gasteiger partial charge in [-0.15, -0.1) is 0 Å². The van der Waals surface area contributed by atoms with E-state index in [0.29, 0.717) is 19.5 Å².